The molecular formula is C4H6NO2PS. The lowest BCUT2D eigenvalue weighted by Gasteiger charge is -1.92. The molecule has 1 aromatic heterocycles. The molecule has 5 heteroatoms. The van der Waals surface area contributed by atoms with Gasteiger partial charge in [-0.05, 0) is 6.92 Å². The Morgan fingerprint density at radius 1 is 1.67 bits per heavy atom. The van der Waals surface area contributed by atoms with E-state index >= 15 is 0 Å². The highest BCUT2D eigenvalue weighted by molar-refractivity contribution is 7.54. The van der Waals surface area contributed by atoms with Crippen molar-refractivity contribution in [1.29, 1.82) is 0 Å². The van der Waals surface area contributed by atoms with Crippen LogP contribution in [0.5, 0.6) is 0 Å². The van der Waals surface area contributed by atoms with Gasteiger partial charge in [0.15, 0.2) is 0 Å². The van der Waals surface area contributed by atoms with E-state index in [4.69, 9.17) is 9.79 Å². The quantitative estimate of drug-likeness (QED) is 0.588. The molecule has 50 valence electrons. The van der Waals surface area contributed by atoms with Gasteiger partial charge in [-0.2, -0.15) is 0 Å². The predicted molar refractivity (Wildman–Crippen MR) is 37.8 cm³/mol. The molecule has 0 saturated heterocycles. The largest absolute Gasteiger partial charge is 0.345 e. The summed E-state index contributed by atoms with van der Waals surface area (Å²) < 4.78 is 0. The maximum absolute atomic E-state index is 8.60. The first-order chi connectivity index (χ1) is 4.20. The summed E-state index contributed by atoms with van der Waals surface area (Å²) in [6, 6.07) is 0. The molecule has 0 aliphatic heterocycles. The molecule has 0 unspecified atom stereocenters. The van der Waals surface area contributed by atoms with Crippen molar-refractivity contribution >= 4 is 25.1 Å². The van der Waals surface area contributed by atoms with E-state index in [0.29, 0.717) is 5.44 Å². The van der Waals surface area contributed by atoms with E-state index in [1.807, 2.05) is 6.92 Å². The highest BCUT2D eigenvalue weighted by Crippen LogP contribution is 2.22. The number of nitrogens with zero attached hydrogens (tertiary/aromatic N) is 1. The summed E-state index contributed by atoms with van der Waals surface area (Å²) >= 11 is 1.42. The summed E-state index contributed by atoms with van der Waals surface area (Å²) in [5, 5.41) is 2.52. The van der Waals surface area contributed by atoms with Crippen molar-refractivity contribution in [3.63, 3.8) is 0 Å². The van der Waals surface area contributed by atoms with Gasteiger partial charge in [-0.1, -0.05) is 0 Å². The van der Waals surface area contributed by atoms with Crippen LogP contribution in [0.1, 0.15) is 5.01 Å². The van der Waals surface area contributed by atoms with Crippen molar-refractivity contribution in [2.45, 2.75) is 6.92 Å². The fourth-order valence-electron chi connectivity index (χ4n) is 0.444. The summed E-state index contributed by atoms with van der Waals surface area (Å²) in [6.45, 7) is 1.83. The highest BCUT2D eigenvalue weighted by atomic mass is 32.1. The van der Waals surface area contributed by atoms with Gasteiger partial charge in [0, 0.05) is 5.38 Å². The number of aromatic nitrogens is 1. The van der Waals surface area contributed by atoms with Crippen molar-refractivity contribution in [3.8, 4) is 0 Å². The third kappa shape index (κ3) is 1.69. The van der Waals surface area contributed by atoms with E-state index in [0.717, 1.165) is 5.01 Å². The maximum atomic E-state index is 8.60. The molecule has 0 fully saturated rings. The molecule has 9 heavy (non-hydrogen) atoms. The van der Waals surface area contributed by atoms with Crippen molar-refractivity contribution in [3.05, 3.63) is 10.4 Å². The monoisotopic (exact) mass is 163 g/mol. The molecule has 2 N–H and O–H groups in total. The van der Waals surface area contributed by atoms with Crippen LogP contribution in [0.2, 0.25) is 0 Å². The Kier molecular flexibility index (Phi) is 2.13. The molecule has 1 heterocycles. The zero-order valence-corrected chi connectivity index (χ0v) is 6.49. The molecule has 0 aliphatic rings. The molecular weight excluding hydrogens is 157 g/mol. The van der Waals surface area contributed by atoms with Gasteiger partial charge >= 0.3 is 0 Å². The topological polar surface area (TPSA) is 53.4 Å². The van der Waals surface area contributed by atoms with Gasteiger partial charge in [-0.3, -0.25) is 0 Å². The minimum absolute atomic E-state index is 0.396. The Morgan fingerprint density at radius 3 is 2.56 bits per heavy atom. The summed E-state index contributed by atoms with van der Waals surface area (Å²) in [7, 11) is -1.98. The lowest BCUT2D eigenvalue weighted by molar-refractivity contribution is 0.496. The molecule has 0 aromatic carbocycles. The summed E-state index contributed by atoms with van der Waals surface area (Å²) in [6.07, 6.45) is 0. The molecule has 0 amide bonds. The Balaban J connectivity index is 2.85. The van der Waals surface area contributed by atoms with Gasteiger partial charge in [0.05, 0.1) is 5.01 Å². The molecule has 1 rings (SSSR count). The predicted octanol–water partition coefficient (Wildman–Crippen LogP) is 0.373. The van der Waals surface area contributed by atoms with Crippen LogP contribution in [-0.2, 0) is 0 Å². The highest BCUT2D eigenvalue weighted by Gasteiger charge is 2.05. The fourth-order valence-corrected chi connectivity index (χ4v) is 1.77. The van der Waals surface area contributed by atoms with E-state index in [1.54, 1.807) is 5.38 Å². The Hall–Kier alpha value is -0.0200. The average molecular weight is 163 g/mol. The summed E-state index contributed by atoms with van der Waals surface area (Å²) in [5.74, 6) is 0. The van der Waals surface area contributed by atoms with E-state index in [9.17, 15) is 0 Å². The number of aryl methyl sites for hydroxylation is 1. The second-order valence-corrected chi connectivity index (χ2v) is 3.61. The maximum Gasteiger partial charge on any atom is 0.220 e. The number of hydrogen-bond donors (Lipinski definition) is 2. The Bertz CT molecular complexity index is 200. The van der Waals surface area contributed by atoms with Crippen LogP contribution in [0.3, 0.4) is 0 Å². The minimum atomic E-state index is -1.98. The van der Waals surface area contributed by atoms with Gasteiger partial charge < -0.3 is 9.79 Å². The van der Waals surface area contributed by atoms with Crippen molar-refractivity contribution in [2.24, 2.45) is 0 Å². The fraction of sp³-hybridized carbons (Fsp3) is 0.250. The smallest absolute Gasteiger partial charge is 0.220 e. The van der Waals surface area contributed by atoms with Crippen LogP contribution >= 0.6 is 19.7 Å². The molecule has 0 atom stereocenters. The number of thiazole rings is 1. The Labute approximate surface area is 57.9 Å². The summed E-state index contributed by atoms with van der Waals surface area (Å²) in [5.41, 5.74) is 0.396. The number of hydrogen-bond acceptors (Lipinski definition) is 4. The second-order valence-electron chi connectivity index (χ2n) is 1.51. The molecule has 3 nitrogen and oxygen atoms in total. The van der Waals surface area contributed by atoms with Gasteiger partial charge in [0.25, 0.3) is 0 Å². The first-order valence-corrected chi connectivity index (χ1v) is 4.43. The molecule has 0 aliphatic carbocycles. The standard InChI is InChI=1S/C4H6NO2PS/c1-3-5-4(2-9-3)8(6)7/h2,6-7H,1H3. The average Bonchev–Trinajstić information content (AvgIpc) is 2.14. The third-order valence-corrected chi connectivity index (χ3v) is 2.40. The summed E-state index contributed by atoms with van der Waals surface area (Å²) in [4.78, 5) is 21.1. The normalized spacial score (nSPS) is 10.7. The SMILES string of the molecule is Cc1nc(P(O)O)cs1. The van der Waals surface area contributed by atoms with Crippen LogP contribution in [0.25, 0.3) is 0 Å². The van der Waals surface area contributed by atoms with Gasteiger partial charge in [0.2, 0.25) is 8.38 Å². The van der Waals surface area contributed by atoms with E-state index in [1.165, 1.54) is 11.3 Å². The third-order valence-electron chi connectivity index (χ3n) is 0.812. The van der Waals surface area contributed by atoms with Crippen LogP contribution in [0.4, 0.5) is 0 Å². The molecule has 0 spiro atoms. The first kappa shape index (κ1) is 7.09. The van der Waals surface area contributed by atoms with E-state index in [-0.39, 0.29) is 0 Å². The van der Waals surface area contributed by atoms with E-state index < -0.39 is 8.38 Å². The van der Waals surface area contributed by atoms with Crippen LogP contribution < -0.4 is 5.44 Å². The second kappa shape index (κ2) is 2.71. The first-order valence-electron chi connectivity index (χ1n) is 2.30. The zero-order valence-electron chi connectivity index (χ0n) is 4.77. The molecule has 1 aromatic rings. The van der Waals surface area contributed by atoms with Gasteiger partial charge in [-0.25, -0.2) is 4.98 Å². The lowest BCUT2D eigenvalue weighted by atomic mass is 10.8. The molecule has 0 radical (unpaired) electrons. The van der Waals surface area contributed by atoms with Crippen LogP contribution in [-0.4, -0.2) is 14.8 Å². The van der Waals surface area contributed by atoms with E-state index in [2.05, 4.69) is 4.98 Å². The molecule has 0 saturated carbocycles. The zero-order chi connectivity index (χ0) is 6.85. The van der Waals surface area contributed by atoms with Crippen LogP contribution in [0, 0.1) is 6.92 Å². The molecule has 0 bridgehead atoms. The minimum Gasteiger partial charge on any atom is -0.345 e. The van der Waals surface area contributed by atoms with Crippen LogP contribution in [0.15, 0.2) is 5.38 Å². The van der Waals surface area contributed by atoms with Crippen molar-refractivity contribution in [2.75, 3.05) is 0 Å². The van der Waals surface area contributed by atoms with Crippen molar-refractivity contribution in [1.82, 2.24) is 4.98 Å². The van der Waals surface area contributed by atoms with Gasteiger partial charge in [-0.15, -0.1) is 11.3 Å². The van der Waals surface area contributed by atoms with Crippen molar-refractivity contribution < 1.29 is 9.79 Å². The Morgan fingerprint density at radius 2 is 2.33 bits per heavy atom. The van der Waals surface area contributed by atoms with Gasteiger partial charge in [0.1, 0.15) is 5.44 Å². The lowest BCUT2D eigenvalue weighted by Crippen LogP contribution is -1.99. The number of rotatable bonds is 1.